The van der Waals surface area contributed by atoms with E-state index >= 15 is 0 Å². The van der Waals surface area contributed by atoms with E-state index < -0.39 is 0 Å². The lowest BCUT2D eigenvalue weighted by atomic mass is 9.89. The average Bonchev–Trinajstić information content (AvgIpc) is 2.62. The fourth-order valence-corrected chi connectivity index (χ4v) is 3.13. The number of allylic oxidation sites excluding steroid dienone is 7. The van der Waals surface area contributed by atoms with E-state index in [1.54, 1.807) is 0 Å². The van der Waals surface area contributed by atoms with Crippen LogP contribution < -0.4 is 5.73 Å². The second kappa shape index (κ2) is 6.74. The van der Waals surface area contributed by atoms with Gasteiger partial charge in [0, 0.05) is 18.4 Å². The molecule has 0 atom stereocenters. The van der Waals surface area contributed by atoms with Gasteiger partial charge >= 0.3 is 0 Å². The molecule has 0 radical (unpaired) electrons. The Morgan fingerprint density at radius 1 is 1.09 bits per heavy atom. The smallest absolute Gasteiger partial charge is 0.0601 e. The van der Waals surface area contributed by atoms with Crippen molar-refractivity contribution < 1.29 is 0 Å². The Balaban J connectivity index is 1.88. The Kier molecular flexibility index (Phi) is 4.52. The lowest BCUT2D eigenvalue weighted by Crippen LogP contribution is -2.21. The summed E-state index contributed by atoms with van der Waals surface area (Å²) in [6, 6.07) is 10.3. The van der Waals surface area contributed by atoms with Crippen molar-refractivity contribution >= 4 is 5.70 Å². The van der Waals surface area contributed by atoms with Gasteiger partial charge in [0.15, 0.2) is 0 Å². The molecule has 0 saturated carbocycles. The topological polar surface area (TPSA) is 29.3 Å². The second-order valence-electron chi connectivity index (χ2n) is 6.11. The maximum absolute atomic E-state index is 6.31. The summed E-state index contributed by atoms with van der Waals surface area (Å²) in [5.41, 5.74) is 13.3. The van der Waals surface area contributed by atoms with Gasteiger partial charge in [-0.05, 0) is 48.5 Å². The lowest BCUT2D eigenvalue weighted by Gasteiger charge is -2.29. The highest BCUT2D eigenvalue weighted by Crippen LogP contribution is 2.33. The first-order valence-corrected chi connectivity index (χ1v) is 8.20. The van der Waals surface area contributed by atoms with Gasteiger partial charge in [-0.2, -0.15) is 0 Å². The van der Waals surface area contributed by atoms with Crippen LogP contribution >= 0.6 is 0 Å². The molecular formula is C21H24N2. The van der Waals surface area contributed by atoms with Crippen molar-refractivity contribution in [3.8, 4) is 0 Å². The van der Waals surface area contributed by atoms with Gasteiger partial charge in [0.2, 0.25) is 0 Å². The fraction of sp³-hybridized carbons (Fsp3) is 0.238. The second-order valence-corrected chi connectivity index (χ2v) is 6.11. The van der Waals surface area contributed by atoms with Crippen LogP contribution in [0.3, 0.4) is 0 Å². The van der Waals surface area contributed by atoms with E-state index in [0.29, 0.717) is 0 Å². The largest absolute Gasteiger partial charge is 0.400 e. The van der Waals surface area contributed by atoms with Gasteiger partial charge in [0.25, 0.3) is 0 Å². The van der Waals surface area contributed by atoms with Crippen LogP contribution in [0.1, 0.15) is 31.2 Å². The minimum Gasteiger partial charge on any atom is -0.400 e. The standard InChI is InChI=1S/C21H24N2/c1-16(17-9-5-3-6-10-17)23(2)21-15-19(13-14-20(21)22)18-11-7-4-8-12-18/h3-7,9-11,15H,1,8,12-14,22H2,2H3. The monoisotopic (exact) mass is 304 g/mol. The third kappa shape index (κ3) is 3.31. The molecule has 0 fully saturated rings. The minimum atomic E-state index is 0.911. The maximum Gasteiger partial charge on any atom is 0.0601 e. The van der Waals surface area contributed by atoms with Crippen LogP contribution in [0.25, 0.3) is 5.70 Å². The van der Waals surface area contributed by atoms with E-state index in [4.69, 9.17) is 5.73 Å². The van der Waals surface area contributed by atoms with Crippen LogP contribution in [-0.2, 0) is 0 Å². The van der Waals surface area contributed by atoms with Crippen LogP contribution in [0, 0.1) is 0 Å². The molecule has 118 valence electrons. The van der Waals surface area contributed by atoms with Crippen molar-refractivity contribution in [2.45, 2.75) is 25.7 Å². The molecule has 0 amide bonds. The Bertz CT molecular complexity index is 717. The fourth-order valence-electron chi connectivity index (χ4n) is 3.13. The Hall–Kier alpha value is -2.48. The number of hydrogen-bond acceptors (Lipinski definition) is 2. The van der Waals surface area contributed by atoms with E-state index in [1.165, 1.54) is 11.1 Å². The van der Waals surface area contributed by atoms with E-state index in [1.807, 2.05) is 25.2 Å². The highest BCUT2D eigenvalue weighted by atomic mass is 15.1. The Labute approximate surface area is 139 Å². The Morgan fingerprint density at radius 2 is 1.87 bits per heavy atom. The van der Waals surface area contributed by atoms with Gasteiger partial charge in [-0.15, -0.1) is 0 Å². The van der Waals surface area contributed by atoms with Crippen LogP contribution in [0.15, 0.2) is 83.8 Å². The quantitative estimate of drug-likeness (QED) is 0.869. The van der Waals surface area contributed by atoms with Crippen LogP contribution in [-0.4, -0.2) is 11.9 Å². The zero-order chi connectivity index (χ0) is 16.2. The molecule has 0 saturated heterocycles. The SMILES string of the molecule is C=C(c1ccccc1)N(C)C1=C(N)CCC(C2=CC=CCC2)=C1. The lowest BCUT2D eigenvalue weighted by molar-refractivity contribution is 0.592. The van der Waals surface area contributed by atoms with Gasteiger partial charge in [-0.1, -0.05) is 55.1 Å². The molecular weight excluding hydrogens is 280 g/mol. The average molecular weight is 304 g/mol. The summed E-state index contributed by atoms with van der Waals surface area (Å²) in [5, 5.41) is 0. The van der Waals surface area contributed by atoms with Gasteiger partial charge in [0.05, 0.1) is 5.70 Å². The number of nitrogens with zero attached hydrogens (tertiary/aromatic N) is 1. The molecule has 0 unspecified atom stereocenters. The molecule has 2 nitrogen and oxygen atoms in total. The zero-order valence-electron chi connectivity index (χ0n) is 13.8. The first-order valence-electron chi connectivity index (χ1n) is 8.20. The van der Waals surface area contributed by atoms with Crippen molar-refractivity contribution in [3.05, 3.63) is 89.3 Å². The van der Waals surface area contributed by atoms with Gasteiger partial charge < -0.3 is 10.6 Å². The normalized spacial score (nSPS) is 17.6. The summed E-state index contributed by atoms with van der Waals surface area (Å²) in [6.07, 6.45) is 13.1. The molecule has 0 bridgehead atoms. The summed E-state index contributed by atoms with van der Waals surface area (Å²) in [5.74, 6) is 0. The highest BCUT2D eigenvalue weighted by Gasteiger charge is 2.19. The van der Waals surface area contributed by atoms with E-state index in [0.717, 1.165) is 48.3 Å². The third-order valence-electron chi connectivity index (χ3n) is 4.60. The summed E-state index contributed by atoms with van der Waals surface area (Å²) in [6.45, 7) is 4.25. The summed E-state index contributed by atoms with van der Waals surface area (Å²) in [4.78, 5) is 2.11. The maximum atomic E-state index is 6.31. The van der Waals surface area contributed by atoms with Gasteiger partial charge in [0.1, 0.15) is 0 Å². The van der Waals surface area contributed by atoms with Crippen molar-refractivity contribution in [3.63, 3.8) is 0 Å². The number of benzene rings is 1. The third-order valence-corrected chi connectivity index (χ3v) is 4.60. The minimum absolute atomic E-state index is 0.911. The first-order chi connectivity index (χ1) is 11.2. The molecule has 2 heteroatoms. The first kappa shape index (κ1) is 15.4. The predicted molar refractivity (Wildman–Crippen MR) is 98.2 cm³/mol. The summed E-state index contributed by atoms with van der Waals surface area (Å²) >= 11 is 0. The summed E-state index contributed by atoms with van der Waals surface area (Å²) in [7, 11) is 2.05. The van der Waals surface area contributed by atoms with Gasteiger partial charge in [-0.25, -0.2) is 0 Å². The number of nitrogens with two attached hydrogens (primary N) is 1. The van der Waals surface area contributed by atoms with Crippen molar-refractivity contribution in [1.29, 1.82) is 0 Å². The predicted octanol–water partition coefficient (Wildman–Crippen LogP) is 4.76. The molecule has 2 N–H and O–H groups in total. The van der Waals surface area contributed by atoms with Crippen molar-refractivity contribution in [2.24, 2.45) is 5.73 Å². The number of hydrogen-bond donors (Lipinski definition) is 1. The van der Waals surface area contributed by atoms with Crippen LogP contribution in [0.4, 0.5) is 0 Å². The van der Waals surface area contributed by atoms with Crippen molar-refractivity contribution in [2.75, 3.05) is 7.05 Å². The molecule has 2 aliphatic rings. The van der Waals surface area contributed by atoms with E-state index in [2.05, 4.69) is 47.9 Å². The molecule has 0 heterocycles. The van der Waals surface area contributed by atoms with E-state index in [9.17, 15) is 0 Å². The van der Waals surface area contributed by atoms with Gasteiger partial charge in [-0.3, -0.25) is 0 Å². The van der Waals surface area contributed by atoms with Crippen LogP contribution in [0.5, 0.6) is 0 Å². The van der Waals surface area contributed by atoms with Crippen LogP contribution in [0.2, 0.25) is 0 Å². The van der Waals surface area contributed by atoms with E-state index in [-0.39, 0.29) is 0 Å². The molecule has 2 aliphatic carbocycles. The number of likely N-dealkylation sites (N-methyl/N-ethyl adjacent to an activating group) is 1. The zero-order valence-corrected chi connectivity index (χ0v) is 13.8. The molecule has 1 aromatic carbocycles. The molecule has 1 aromatic rings. The molecule has 0 spiro atoms. The molecule has 0 aliphatic heterocycles. The molecule has 0 aromatic heterocycles. The highest BCUT2D eigenvalue weighted by molar-refractivity contribution is 5.64. The summed E-state index contributed by atoms with van der Waals surface area (Å²) < 4.78 is 0. The Morgan fingerprint density at radius 3 is 2.57 bits per heavy atom. The molecule has 3 rings (SSSR count). The number of rotatable bonds is 4. The molecule has 23 heavy (non-hydrogen) atoms. The van der Waals surface area contributed by atoms with Crippen molar-refractivity contribution in [1.82, 2.24) is 4.90 Å².